The van der Waals surface area contributed by atoms with E-state index in [-0.39, 0.29) is 5.91 Å². The third-order valence-electron chi connectivity index (χ3n) is 3.95. The molecule has 0 aliphatic rings. The molecule has 0 bridgehead atoms. The van der Waals surface area contributed by atoms with Crippen LogP contribution in [-0.4, -0.2) is 18.0 Å². The maximum absolute atomic E-state index is 12.2. The topological polar surface area (TPSA) is 64.4 Å². The number of hydrogen-bond donors (Lipinski definition) is 1. The zero-order valence-electron chi connectivity index (χ0n) is 14.4. The molecular weight excluding hydrogens is 396 g/mol. The van der Waals surface area contributed by atoms with Gasteiger partial charge in [-0.25, -0.2) is 0 Å². The molecule has 0 saturated carbocycles. The number of rotatable bonds is 7. The Morgan fingerprint density at radius 3 is 2.92 bits per heavy atom. The number of carbonyl (C=O) groups is 1. The maximum atomic E-state index is 12.2. The summed E-state index contributed by atoms with van der Waals surface area (Å²) in [4.78, 5) is 16.5. The quantitative estimate of drug-likeness (QED) is 0.623. The van der Waals surface area contributed by atoms with E-state index in [1.54, 1.807) is 19.6 Å². The minimum Gasteiger partial charge on any atom is -0.496 e. The van der Waals surface area contributed by atoms with E-state index >= 15 is 0 Å². The molecule has 2 heterocycles. The highest BCUT2D eigenvalue weighted by Gasteiger charge is 2.08. The monoisotopic (exact) mass is 414 g/mol. The number of hydrogen-bond acceptors (Lipinski definition) is 4. The van der Waals surface area contributed by atoms with Gasteiger partial charge in [-0.3, -0.25) is 9.78 Å². The highest BCUT2D eigenvalue weighted by atomic mass is 79.9. The molecule has 3 rings (SSSR count). The number of nitrogens with one attached hydrogen (secondary N) is 1. The van der Waals surface area contributed by atoms with Crippen molar-refractivity contribution in [3.8, 4) is 17.2 Å². The van der Waals surface area contributed by atoms with E-state index in [1.807, 2.05) is 42.5 Å². The Labute approximate surface area is 160 Å². The van der Waals surface area contributed by atoms with Crippen molar-refractivity contribution in [2.75, 3.05) is 7.11 Å². The molecule has 1 amide bonds. The number of pyridine rings is 1. The Bertz CT molecular complexity index is 879. The third-order valence-corrected chi connectivity index (χ3v) is 4.44. The van der Waals surface area contributed by atoms with E-state index in [2.05, 4.69) is 26.2 Å². The van der Waals surface area contributed by atoms with Crippen LogP contribution >= 0.6 is 15.9 Å². The van der Waals surface area contributed by atoms with Crippen LogP contribution in [0, 0.1) is 0 Å². The molecule has 1 aromatic carbocycles. The average Bonchev–Trinajstić information content (AvgIpc) is 3.20. The molecule has 2 aromatic heterocycles. The van der Waals surface area contributed by atoms with Crippen molar-refractivity contribution < 1.29 is 13.9 Å². The maximum Gasteiger partial charge on any atom is 0.220 e. The van der Waals surface area contributed by atoms with E-state index in [9.17, 15) is 4.79 Å². The lowest BCUT2D eigenvalue weighted by molar-refractivity contribution is -0.121. The van der Waals surface area contributed by atoms with Crippen molar-refractivity contribution in [3.63, 3.8) is 0 Å². The van der Waals surface area contributed by atoms with Gasteiger partial charge in [-0.1, -0.05) is 15.9 Å². The van der Waals surface area contributed by atoms with Crippen molar-refractivity contribution in [2.24, 2.45) is 0 Å². The molecule has 0 fully saturated rings. The number of amides is 1. The zero-order valence-corrected chi connectivity index (χ0v) is 16.0. The highest BCUT2D eigenvalue weighted by molar-refractivity contribution is 9.10. The van der Waals surface area contributed by atoms with E-state index < -0.39 is 0 Å². The Morgan fingerprint density at radius 1 is 1.27 bits per heavy atom. The molecule has 0 spiro atoms. The lowest BCUT2D eigenvalue weighted by atomic mass is 10.1. The highest BCUT2D eigenvalue weighted by Crippen LogP contribution is 2.24. The third kappa shape index (κ3) is 4.73. The summed E-state index contributed by atoms with van der Waals surface area (Å²) in [6, 6.07) is 13.3. The predicted octanol–water partition coefficient (Wildman–Crippen LogP) is 4.36. The van der Waals surface area contributed by atoms with E-state index in [1.165, 1.54) is 0 Å². The van der Waals surface area contributed by atoms with Crippen molar-refractivity contribution in [3.05, 3.63) is 70.5 Å². The van der Waals surface area contributed by atoms with Crippen LogP contribution in [0.3, 0.4) is 0 Å². The van der Waals surface area contributed by atoms with Gasteiger partial charge in [0.2, 0.25) is 5.91 Å². The number of methoxy groups -OCH3 is 1. The van der Waals surface area contributed by atoms with Crippen LogP contribution in [-0.2, 0) is 17.8 Å². The van der Waals surface area contributed by atoms with Crippen LogP contribution in [0.2, 0.25) is 0 Å². The van der Waals surface area contributed by atoms with E-state index in [4.69, 9.17) is 9.15 Å². The summed E-state index contributed by atoms with van der Waals surface area (Å²) in [5, 5.41) is 2.94. The summed E-state index contributed by atoms with van der Waals surface area (Å²) in [6.45, 7) is 0.449. The zero-order chi connectivity index (χ0) is 18.4. The van der Waals surface area contributed by atoms with Crippen LogP contribution in [0.5, 0.6) is 5.75 Å². The number of carbonyl (C=O) groups excluding carboxylic acids is 1. The standard InChI is InChI=1S/C20H19BrN2O3/c1-25-18-6-5-16(21)12-15(18)4-7-20(24)23-13-14-8-9-22-17(11-14)19-3-2-10-26-19/h2-3,5-6,8-12H,4,7,13H2,1H3,(H,23,24). The van der Waals surface area contributed by atoms with Crippen molar-refractivity contribution in [1.82, 2.24) is 10.3 Å². The molecule has 0 atom stereocenters. The molecule has 0 unspecified atom stereocenters. The van der Waals surface area contributed by atoms with Crippen LogP contribution in [0.25, 0.3) is 11.5 Å². The minimum atomic E-state index is -0.0108. The molecule has 0 aliphatic carbocycles. The second-order valence-corrected chi connectivity index (χ2v) is 6.68. The molecule has 0 saturated heterocycles. The predicted molar refractivity (Wildman–Crippen MR) is 103 cm³/mol. The van der Waals surface area contributed by atoms with Gasteiger partial charge in [0.1, 0.15) is 11.4 Å². The molecule has 1 N–H and O–H groups in total. The Hall–Kier alpha value is -2.60. The first-order valence-corrected chi connectivity index (χ1v) is 9.03. The minimum absolute atomic E-state index is 0.0108. The Morgan fingerprint density at radius 2 is 2.15 bits per heavy atom. The van der Waals surface area contributed by atoms with Crippen molar-refractivity contribution in [2.45, 2.75) is 19.4 Å². The summed E-state index contributed by atoms with van der Waals surface area (Å²) >= 11 is 3.45. The summed E-state index contributed by atoms with van der Waals surface area (Å²) in [6.07, 6.45) is 4.33. The fourth-order valence-electron chi connectivity index (χ4n) is 2.62. The fourth-order valence-corrected chi connectivity index (χ4v) is 3.03. The Balaban J connectivity index is 1.55. The van der Waals surface area contributed by atoms with Crippen molar-refractivity contribution >= 4 is 21.8 Å². The summed E-state index contributed by atoms with van der Waals surface area (Å²) < 4.78 is 11.7. The van der Waals surface area contributed by atoms with Gasteiger partial charge in [-0.2, -0.15) is 0 Å². The summed E-state index contributed by atoms with van der Waals surface area (Å²) in [7, 11) is 1.63. The Kier molecular flexibility index (Phi) is 6.07. The van der Waals surface area contributed by atoms with Gasteiger partial charge in [0.05, 0.1) is 13.4 Å². The number of furan rings is 1. The molecule has 3 aromatic rings. The van der Waals surface area contributed by atoms with Gasteiger partial charge in [-0.15, -0.1) is 0 Å². The average molecular weight is 415 g/mol. The summed E-state index contributed by atoms with van der Waals surface area (Å²) in [5.41, 5.74) is 2.72. The molecule has 26 heavy (non-hydrogen) atoms. The first kappa shape index (κ1) is 18.2. The molecule has 0 aliphatic heterocycles. The van der Waals surface area contributed by atoms with Crippen LogP contribution in [0.15, 0.2) is 63.8 Å². The van der Waals surface area contributed by atoms with E-state index in [0.29, 0.717) is 25.1 Å². The number of halogens is 1. The van der Waals surface area contributed by atoms with Gasteiger partial charge in [0, 0.05) is 23.6 Å². The smallest absolute Gasteiger partial charge is 0.220 e. The fraction of sp³-hybridized carbons (Fsp3) is 0.200. The van der Waals surface area contributed by atoms with Crippen molar-refractivity contribution in [1.29, 1.82) is 0 Å². The molecule has 134 valence electrons. The van der Waals surface area contributed by atoms with Crippen LogP contribution in [0.1, 0.15) is 17.5 Å². The second-order valence-electron chi connectivity index (χ2n) is 5.76. The number of aromatic nitrogens is 1. The normalized spacial score (nSPS) is 10.5. The first-order chi connectivity index (χ1) is 12.7. The first-order valence-electron chi connectivity index (χ1n) is 8.23. The van der Waals surface area contributed by atoms with Gasteiger partial charge >= 0.3 is 0 Å². The van der Waals surface area contributed by atoms with E-state index in [0.717, 1.165) is 27.0 Å². The van der Waals surface area contributed by atoms with Gasteiger partial charge in [0.25, 0.3) is 0 Å². The lowest BCUT2D eigenvalue weighted by Gasteiger charge is -2.10. The largest absolute Gasteiger partial charge is 0.496 e. The number of nitrogens with zero attached hydrogens (tertiary/aromatic N) is 1. The number of aryl methyl sites for hydroxylation is 1. The molecule has 0 radical (unpaired) electrons. The number of ether oxygens (including phenoxy) is 1. The van der Waals surface area contributed by atoms with Gasteiger partial charge in [0.15, 0.2) is 5.76 Å². The van der Waals surface area contributed by atoms with Crippen LogP contribution in [0.4, 0.5) is 0 Å². The van der Waals surface area contributed by atoms with Crippen LogP contribution < -0.4 is 10.1 Å². The molecule has 5 nitrogen and oxygen atoms in total. The molecular formula is C20H19BrN2O3. The lowest BCUT2D eigenvalue weighted by Crippen LogP contribution is -2.23. The second kappa shape index (κ2) is 8.67. The van der Waals surface area contributed by atoms with Gasteiger partial charge in [-0.05, 0) is 60.0 Å². The SMILES string of the molecule is COc1ccc(Br)cc1CCC(=O)NCc1ccnc(-c2ccco2)c1. The molecule has 6 heteroatoms. The summed E-state index contributed by atoms with van der Waals surface area (Å²) in [5.74, 6) is 1.49. The number of benzene rings is 1. The van der Waals surface area contributed by atoms with Gasteiger partial charge < -0.3 is 14.5 Å².